The maximum atomic E-state index is 5.94. The van der Waals surface area contributed by atoms with E-state index in [0.29, 0.717) is 5.15 Å². The van der Waals surface area contributed by atoms with E-state index in [1.54, 1.807) is 6.07 Å². The summed E-state index contributed by atoms with van der Waals surface area (Å²) in [5, 5.41) is 4.57. The van der Waals surface area contributed by atoms with E-state index in [1.165, 1.54) is 50.3 Å². The fraction of sp³-hybridized carbons (Fsp3) is 0.692. The molecule has 100 valence electrons. The molecule has 1 fully saturated rings. The maximum absolute atomic E-state index is 5.94. The van der Waals surface area contributed by atoms with Gasteiger partial charge in [0.2, 0.25) is 0 Å². The van der Waals surface area contributed by atoms with Crippen molar-refractivity contribution in [2.75, 3.05) is 18.1 Å². The SMILES string of the molecule is CSc1nc(Cl)cc(NCCCC2CCCC2)n1. The molecule has 1 aliphatic carbocycles. The van der Waals surface area contributed by atoms with Gasteiger partial charge in [-0.15, -0.1) is 0 Å². The van der Waals surface area contributed by atoms with Gasteiger partial charge in [0.15, 0.2) is 5.16 Å². The van der Waals surface area contributed by atoms with Gasteiger partial charge < -0.3 is 5.32 Å². The third-order valence-electron chi connectivity index (χ3n) is 3.43. The van der Waals surface area contributed by atoms with Gasteiger partial charge in [-0.3, -0.25) is 0 Å². The minimum atomic E-state index is 0.507. The van der Waals surface area contributed by atoms with Gasteiger partial charge in [-0.25, -0.2) is 9.97 Å². The lowest BCUT2D eigenvalue weighted by Crippen LogP contribution is -2.06. The van der Waals surface area contributed by atoms with Gasteiger partial charge >= 0.3 is 0 Å². The fourth-order valence-electron chi connectivity index (χ4n) is 2.48. The summed E-state index contributed by atoms with van der Waals surface area (Å²) in [6.07, 6.45) is 10.2. The first kappa shape index (κ1) is 13.9. The Hall–Kier alpha value is -0.480. The highest BCUT2D eigenvalue weighted by molar-refractivity contribution is 7.98. The summed E-state index contributed by atoms with van der Waals surface area (Å²) < 4.78 is 0. The van der Waals surface area contributed by atoms with Crippen molar-refractivity contribution in [3.8, 4) is 0 Å². The number of halogens is 1. The zero-order valence-electron chi connectivity index (χ0n) is 10.8. The number of nitrogens with one attached hydrogen (secondary N) is 1. The number of hydrogen-bond acceptors (Lipinski definition) is 4. The average Bonchev–Trinajstić information content (AvgIpc) is 2.87. The Morgan fingerprint density at radius 2 is 2.17 bits per heavy atom. The van der Waals surface area contributed by atoms with Crippen LogP contribution in [0, 0.1) is 5.92 Å². The van der Waals surface area contributed by atoms with Crippen LogP contribution in [-0.2, 0) is 0 Å². The molecule has 3 nitrogen and oxygen atoms in total. The third-order valence-corrected chi connectivity index (χ3v) is 4.17. The van der Waals surface area contributed by atoms with E-state index < -0.39 is 0 Å². The smallest absolute Gasteiger partial charge is 0.190 e. The molecule has 0 radical (unpaired) electrons. The second kappa shape index (κ2) is 7.19. The van der Waals surface area contributed by atoms with Crippen LogP contribution in [0.1, 0.15) is 38.5 Å². The molecule has 1 aliphatic rings. The average molecular weight is 286 g/mol. The highest BCUT2D eigenvalue weighted by Gasteiger charge is 2.13. The minimum absolute atomic E-state index is 0.507. The Bertz CT molecular complexity index is 380. The molecular formula is C13H20ClN3S. The first-order valence-electron chi connectivity index (χ1n) is 6.60. The number of thioether (sulfide) groups is 1. The summed E-state index contributed by atoms with van der Waals surface area (Å²) in [5.41, 5.74) is 0. The van der Waals surface area contributed by atoms with E-state index >= 15 is 0 Å². The molecule has 0 spiro atoms. The van der Waals surface area contributed by atoms with E-state index in [9.17, 15) is 0 Å². The first-order chi connectivity index (χ1) is 8.78. The third kappa shape index (κ3) is 4.32. The molecule has 0 bridgehead atoms. The van der Waals surface area contributed by atoms with E-state index in [0.717, 1.165) is 23.4 Å². The van der Waals surface area contributed by atoms with Crippen LogP contribution < -0.4 is 5.32 Å². The Balaban J connectivity index is 1.73. The largest absolute Gasteiger partial charge is 0.370 e. The van der Waals surface area contributed by atoms with Crippen molar-refractivity contribution in [2.24, 2.45) is 5.92 Å². The molecule has 2 rings (SSSR count). The standard InChI is InChI=1S/C13H20ClN3S/c1-18-13-16-11(14)9-12(17-13)15-8-4-7-10-5-2-3-6-10/h9-10H,2-8H2,1H3,(H,15,16,17). The molecule has 5 heteroatoms. The van der Waals surface area contributed by atoms with Gasteiger partial charge in [-0.05, 0) is 25.0 Å². The Kier molecular flexibility index (Phi) is 5.57. The molecule has 1 heterocycles. The van der Waals surface area contributed by atoms with E-state index in [1.807, 2.05) is 6.26 Å². The first-order valence-corrected chi connectivity index (χ1v) is 8.20. The minimum Gasteiger partial charge on any atom is -0.370 e. The summed E-state index contributed by atoms with van der Waals surface area (Å²) >= 11 is 7.45. The number of hydrogen-bond donors (Lipinski definition) is 1. The zero-order chi connectivity index (χ0) is 12.8. The van der Waals surface area contributed by atoms with Crippen LogP contribution in [0.3, 0.4) is 0 Å². The molecule has 1 aromatic rings. The number of anilines is 1. The lowest BCUT2D eigenvalue weighted by molar-refractivity contribution is 0.491. The van der Waals surface area contributed by atoms with Gasteiger partial charge in [0.25, 0.3) is 0 Å². The molecule has 0 atom stereocenters. The van der Waals surface area contributed by atoms with Crippen molar-refractivity contribution in [1.82, 2.24) is 9.97 Å². The summed E-state index contributed by atoms with van der Waals surface area (Å²) in [6.45, 7) is 0.970. The van der Waals surface area contributed by atoms with Crippen LogP contribution in [0.5, 0.6) is 0 Å². The van der Waals surface area contributed by atoms with Crippen molar-refractivity contribution in [1.29, 1.82) is 0 Å². The number of rotatable bonds is 6. The van der Waals surface area contributed by atoms with Crippen molar-refractivity contribution < 1.29 is 0 Å². The summed E-state index contributed by atoms with van der Waals surface area (Å²) in [4.78, 5) is 8.50. The lowest BCUT2D eigenvalue weighted by atomic mass is 10.0. The van der Waals surface area contributed by atoms with Crippen LogP contribution in [0.25, 0.3) is 0 Å². The highest BCUT2D eigenvalue weighted by Crippen LogP contribution is 2.28. The molecule has 1 saturated carbocycles. The lowest BCUT2D eigenvalue weighted by Gasteiger charge is -2.10. The van der Waals surface area contributed by atoms with Crippen LogP contribution in [0.15, 0.2) is 11.2 Å². The van der Waals surface area contributed by atoms with Gasteiger partial charge in [0.1, 0.15) is 11.0 Å². The molecule has 0 amide bonds. The maximum Gasteiger partial charge on any atom is 0.190 e. The molecule has 0 unspecified atom stereocenters. The molecule has 0 aromatic carbocycles. The van der Waals surface area contributed by atoms with Gasteiger partial charge in [-0.2, -0.15) is 0 Å². The second-order valence-electron chi connectivity index (χ2n) is 4.78. The topological polar surface area (TPSA) is 37.8 Å². The predicted octanol–water partition coefficient (Wildman–Crippen LogP) is 4.23. The van der Waals surface area contributed by atoms with Crippen LogP contribution >= 0.6 is 23.4 Å². The van der Waals surface area contributed by atoms with Crippen LogP contribution in [0.4, 0.5) is 5.82 Å². The van der Waals surface area contributed by atoms with Crippen molar-refractivity contribution >= 4 is 29.2 Å². The van der Waals surface area contributed by atoms with E-state index in [2.05, 4.69) is 15.3 Å². The normalized spacial score (nSPS) is 16.1. The Labute approximate surface area is 118 Å². The van der Waals surface area contributed by atoms with Crippen molar-refractivity contribution in [3.05, 3.63) is 11.2 Å². The second-order valence-corrected chi connectivity index (χ2v) is 5.94. The molecular weight excluding hydrogens is 266 g/mol. The molecule has 1 aromatic heterocycles. The van der Waals surface area contributed by atoms with E-state index in [-0.39, 0.29) is 0 Å². The summed E-state index contributed by atoms with van der Waals surface area (Å²) in [5.74, 6) is 1.80. The Morgan fingerprint density at radius 1 is 1.39 bits per heavy atom. The molecule has 18 heavy (non-hydrogen) atoms. The van der Waals surface area contributed by atoms with Crippen molar-refractivity contribution in [3.63, 3.8) is 0 Å². The van der Waals surface area contributed by atoms with Gasteiger partial charge in [0, 0.05) is 12.6 Å². The van der Waals surface area contributed by atoms with Crippen molar-refractivity contribution in [2.45, 2.75) is 43.7 Å². The van der Waals surface area contributed by atoms with Gasteiger partial charge in [0.05, 0.1) is 0 Å². The zero-order valence-corrected chi connectivity index (χ0v) is 12.4. The fourth-order valence-corrected chi connectivity index (χ4v) is 3.10. The molecule has 0 saturated heterocycles. The highest BCUT2D eigenvalue weighted by atomic mass is 35.5. The van der Waals surface area contributed by atoms with Crippen LogP contribution in [-0.4, -0.2) is 22.8 Å². The van der Waals surface area contributed by atoms with E-state index in [4.69, 9.17) is 11.6 Å². The number of nitrogens with zero attached hydrogens (tertiary/aromatic N) is 2. The predicted molar refractivity (Wildman–Crippen MR) is 78.5 cm³/mol. The summed E-state index contributed by atoms with van der Waals surface area (Å²) in [7, 11) is 0. The Morgan fingerprint density at radius 3 is 2.89 bits per heavy atom. The quantitative estimate of drug-likeness (QED) is 0.367. The summed E-state index contributed by atoms with van der Waals surface area (Å²) in [6, 6.07) is 1.79. The van der Waals surface area contributed by atoms with Crippen LogP contribution in [0.2, 0.25) is 5.15 Å². The molecule has 1 N–H and O–H groups in total. The number of aromatic nitrogens is 2. The van der Waals surface area contributed by atoms with Gasteiger partial charge in [-0.1, -0.05) is 49.0 Å². The monoisotopic (exact) mass is 285 g/mol. The molecule has 0 aliphatic heterocycles.